The van der Waals surface area contributed by atoms with Gasteiger partial charge in [-0.05, 0) is 76.0 Å². The van der Waals surface area contributed by atoms with E-state index in [-0.39, 0.29) is 24.1 Å². The minimum atomic E-state index is -0.247. The summed E-state index contributed by atoms with van der Waals surface area (Å²) in [6, 6.07) is 1.21. The maximum absolute atomic E-state index is 11.9. The number of carbonyl (C=O) groups excluding carboxylic acids is 2. The molecule has 1 spiro atoms. The van der Waals surface area contributed by atoms with E-state index < -0.39 is 0 Å². The highest BCUT2D eigenvalue weighted by molar-refractivity contribution is 5.68. The van der Waals surface area contributed by atoms with E-state index in [0.717, 1.165) is 77.4 Å². The second kappa shape index (κ2) is 22.3. The molecule has 0 bridgehead atoms. The largest absolute Gasteiger partial charge is 0.381 e. The van der Waals surface area contributed by atoms with Crippen molar-refractivity contribution in [1.82, 2.24) is 5.32 Å². The number of ether oxygens (including phenoxy) is 1. The molecule has 2 aliphatic rings. The van der Waals surface area contributed by atoms with Gasteiger partial charge in [0.05, 0.1) is 6.61 Å². The van der Waals surface area contributed by atoms with Crippen molar-refractivity contribution in [3.8, 4) is 0 Å². The first-order valence-electron chi connectivity index (χ1n) is 17.5. The molecule has 2 fully saturated rings. The van der Waals surface area contributed by atoms with Crippen molar-refractivity contribution in [2.75, 3.05) is 13.2 Å². The highest BCUT2D eigenvalue weighted by Crippen LogP contribution is 2.47. The average Bonchev–Trinajstić information content (AvgIpc) is 3.47. The average molecular weight is 598 g/mol. The summed E-state index contributed by atoms with van der Waals surface area (Å²) in [6.07, 6.45) is 21.5. The fraction of sp³-hybridized carbons (Fsp3) is 0.941. The molecule has 1 heterocycles. The Hall–Kier alpha value is -1.22. The van der Waals surface area contributed by atoms with Gasteiger partial charge in [-0.15, -0.1) is 0 Å². The normalized spacial score (nSPS) is 20.1. The van der Waals surface area contributed by atoms with Crippen LogP contribution in [0.3, 0.4) is 0 Å². The number of carbonyl (C=O) groups is 2. The number of nitrogens with one attached hydrogen (secondary N) is 1. The molecule has 0 amide bonds. The van der Waals surface area contributed by atoms with Gasteiger partial charge in [0.1, 0.15) is 12.2 Å². The Morgan fingerprint density at radius 3 is 1.60 bits per heavy atom. The summed E-state index contributed by atoms with van der Waals surface area (Å²) in [5.74, 6) is -0.494. The van der Waals surface area contributed by atoms with Crippen LogP contribution in [-0.2, 0) is 33.9 Å². The molecule has 0 unspecified atom stereocenters. The van der Waals surface area contributed by atoms with E-state index in [1.807, 2.05) is 27.7 Å². The van der Waals surface area contributed by atoms with Crippen LogP contribution in [0.5, 0.6) is 0 Å². The zero-order valence-corrected chi connectivity index (χ0v) is 27.4. The lowest BCUT2D eigenvalue weighted by Crippen LogP contribution is -2.52. The quantitative estimate of drug-likeness (QED) is 0.0605. The van der Waals surface area contributed by atoms with Crippen LogP contribution in [0.2, 0.25) is 0 Å². The highest BCUT2D eigenvalue weighted by Gasteiger charge is 2.46. The Labute approximate surface area is 256 Å². The van der Waals surface area contributed by atoms with E-state index in [4.69, 9.17) is 24.3 Å². The number of hydrogen-bond acceptors (Lipinski definition) is 8. The number of rotatable bonds is 26. The van der Waals surface area contributed by atoms with Crippen LogP contribution in [0.25, 0.3) is 0 Å². The Bertz CT molecular complexity index is 654. The Morgan fingerprint density at radius 1 is 0.714 bits per heavy atom. The third kappa shape index (κ3) is 15.5. The molecule has 1 aliphatic carbocycles. The summed E-state index contributed by atoms with van der Waals surface area (Å²) in [4.78, 5) is 44.1. The van der Waals surface area contributed by atoms with Crippen LogP contribution >= 0.6 is 0 Å². The van der Waals surface area contributed by atoms with Crippen molar-refractivity contribution in [3.05, 3.63) is 0 Å². The minimum absolute atomic E-state index is 0.00256. The summed E-state index contributed by atoms with van der Waals surface area (Å²) in [6.45, 7) is 10.0. The Morgan fingerprint density at radius 2 is 1.17 bits per heavy atom. The first-order valence-corrected chi connectivity index (χ1v) is 17.5. The van der Waals surface area contributed by atoms with Crippen LogP contribution in [0, 0.1) is 5.41 Å². The molecule has 0 aromatic heterocycles. The monoisotopic (exact) mass is 597 g/mol. The zero-order valence-electron chi connectivity index (χ0n) is 27.4. The van der Waals surface area contributed by atoms with Gasteiger partial charge in [0.25, 0.3) is 0 Å². The molecule has 1 aliphatic heterocycles. The summed E-state index contributed by atoms with van der Waals surface area (Å²) in [5.41, 5.74) is 0.461. The van der Waals surface area contributed by atoms with Crippen molar-refractivity contribution in [3.63, 3.8) is 0 Å². The lowest BCUT2D eigenvalue weighted by atomic mass is 9.65. The maximum Gasteiger partial charge on any atom is 0.342 e. The number of unbranched alkanes of at least 4 members (excludes halogenated alkanes) is 8. The first kappa shape index (κ1) is 37.0. The molecule has 42 heavy (non-hydrogen) atoms. The van der Waals surface area contributed by atoms with Crippen LogP contribution in [-0.4, -0.2) is 49.4 Å². The molecule has 246 valence electrons. The fourth-order valence-electron chi connectivity index (χ4n) is 6.28. The van der Waals surface area contributed by atoms with Crippen molar-refractivity contribution in [1.29, 1.82) is 0 Å². The van der Waals surface area contributed by atoms with E-state index in [1.54, 1.807) is 0 Å². The molecule has 1 saturated heterocycles. The van der Waals surface area contributed by atoms with E-state index in [2.05, 4.69) is 5.32 Å². The second-order valence-electron chi connectivity index (χ2n) is 12.9. The molecular formula is C34H63NO7. The molecule has 0 aromatic rings. The van der Waals surface area contributed by atoms with Crippen molar-refractivity contribution < 1.29 is 33.9 Å². The molecule has 0 aromatic carbocycles. The third-order valence-corrected chi connectivity index (χ3v) is 9.26. The van der Waals surface area contributed by atoms with Gasteiger partial charge < -0.3 is 10.1 Å². The van der Waals surface area contributed by atoms with Crippen LogP contribution in [0.4, 0.5) is 0 Å². The van der Waals surface area contributed by atoms with E-state index in [0.29, 0.717) is 30.3 Å². The summed E-state index contributed by atoms with van der Waals surface area (Å²) < 4.78 is 5.68. The Kier molecular flexibility index (Phi) is 19.6. The molecule has 1 N–H and O–H groups in total. The predicted molar refractivity (Wildman–Crippen MR) is 166 cm³/mol. The first-order chi connectivity index (χ1) is 20.4. The van der Waals surface area contributed by atoms with Gasteiger partial charge in [-0.2, -0.15) is 9.78 Å². The standard InChI is InChI=1S/C34H63NO7/c1-5-30(6-2)39-41-32(36)21-17-13-9-11-15-19-28(35-29-25-34(26-29)23-24-38-27-34)20-16-12-10-14-18-22-33(37)42-40-31(7-3)8-4/h28-31,35H,5-27H2,1-4H3. The molecule has 0 radical (unpaired) electrons. The minimum Gasteiger partial charge on any atom is -0.381 e. The van der Waals surface area contributed by atoms with Gasteiger partial charge in [0.15, 0.2) is 0 Å². The SMILES string of the molecule is CCC(CC)OOC(=O)CCCCCCCC(CCCCCCCC(=O)OOC(CC)CC)NC1CC2(CCOC2)C1. The molecule has 8 nitrogen and oxygen atoms in total. The third-order valence-electron chi connectivity index (χ3n) is 9.26. The van der Waals surface area contributed by atoms with Gasteiger partial charge in [0, 0.05) is 31.5 Å². The van der Waals surface area contributed by atoms with Crippen LogP contribution < -0.4 is 5.32 Å². The zero-order chi connectivity index (χ0) is 30.5. The summed E-state index contributed by atoms with van der Waals surface area (Å²) >= 11 is 0. The Balaban J connectivity index is 1.56. The topological polar surface area (TPSA) is 92.3 Å². The molecule has 8 heteroatoms. The van der Waals surface area contributed by atoms with Gasteiger partial charge in [-0.1, -0.05) is 79.1 Å². The highest BCUT2D eigenvalue weighted by atomic mass is 17.2. The van der Waals surface area contributed by atoms with Crippen LogP contribution in [0.1, 0.15) is 163 Å². The van der Waals surface area contributed by atoms with Crippen molar-refractivity contribution in [2.45, 2.75) is 187 Å². The summed E-state index contributed by atoms with van der Waals surface area (Å²) in [7, 11) is 0. The molecule has 2 rings (SSSR count). The van der Waals surface area contributed by atoms with E-state index in [9.17, 15) is 9.59 Å². The lowest BCUT2D eigenvalue weighted by molar-refractivity contribution is -0.299. The van der Waals surface area contributed by atoms with Crippen LogP contribution in [0.15, 0.2) is 0 Å². The van der Waals surface area contributed by atoms with Gasteiger partial charge in [-0.25, -0.2) is 9.59 Å². The fourth-order valence-corrected chi connectivity index (χ4v) is 6.28. The van der Waals surface area contributed by atoms with Crippen molar-refractivity contribution in [2.24, 2.45) is 5.41 Å². The van der Waals surface area contributed by atoms with Crippen molar-refractivity contribution >= 4 is 11.9 Å². The van der Waals surface area contributed by atoms with Gasteiger partial charge in [0.2, 0.25) is 0 Å². The van der Waals surface area contributed by atoms with Gasteiger partial charge >= 0.3 is 11.9 Å². The lowest BCUT2D eigenvalue weighted by Gasteiger charge is -2.46. The van der Waals surface area contributed by atoms with E-state index >= 15 is 0 Å². The molecular weight excluding hydrogens is 534 g/mol. The molecule has 1 saturated carbocycles. The summed E-state index contributed by atoms with van der Waals surface area (Å²) in [5, 5.41) is 4.00. The predicted octanol–water partition coefficient (Wildman–Crippen LogP) is 8.30. The smallest absolute Gasteiger partial charge is 0.342 e. The maximum atomic E-state index is 11.9. The molecule has 0 atom stereocenters. The second-order valence-corrected chi connectivity index (χ2v) is 12.9. The number of hydrogen-bond donors (Lipinski definition) is 1. The van der Waals surface area contributed by atoms with E-state index in [1.165, 1.54) is 57.8 Å². The van der Waals surface area contributed by atoms with Gasteiger partial charge in [-0.3, -0.25) is 9.78 Å².